The van der Waals surface area contributed by atoms with Gasteiger partial charge in [-0.3, -0.25) is 4.79 Å². The zero-order valence-electron chi connectivity index (χ0n) is 11.8. The zero-order chi connectivity index (χ0) is 15.4. The fourth-order valence-electron chi connectivity index (χ4n) is 2.28. The summed E-state index contributed by atoms with van der Waals surface area (Å²) < 4.78 is 10.7. The molecule has 0 aromatic heterocycles. The molecule has 7 heteroatoms. The molecule has 1 fully saturated rings. The van der Waals surface area contributed by atoms with Crippen LogP contribution < -0.4 is 15.4 Å². The predicted molar refractivity (Wildman–Crippen MR) is 80.4 cm³/mol. The van der Waals surface area contributed by atoms with Gasteiger partial charge < -0.3 is 25.2 Å². The summed E-state index contributed by atoms with van der Waals surface area (Å²) in [5, 5.41) is 9.39. The van der Waals surface area contributed by atoms with E-state index in [-0.39, 0.29) is 6.42 Å². The van der Waals surface area contributed by atoms with Crippen LogP contribution in [-0.4, -0.2) is 50.5 Å². The molecule has 0 amide bonds. The first-order chi connectivity index (χ1) is 10.0. The van der Waals surface area contributed by atoms with Crippen molar-refractivity contribution in [2.45, 2.75) is 12.5 Å². The molecule has 1 aromatic carbocycles. The van der Waals surface area contributed by atoms with Crippen molar-refractivity contribution in [2.24, 2.45) is 5.73 Å². The van der Waals surface area contributed by atoms with Gasteiger partial charge in [0.05, 0.1) is 26.0 Å². The molecule has 1 aromatic rings. The Morgan fingerprint density at radius 3 is 2.76 bits per heavy atom. The number of anilines is 1. The number of benzene rings is 1. The molecule has 2 rings (SSSR count). The first-order valence-corrected chi connectivity index (χ1v) is 7.08. The number of hydrogen-bond acceptors (Lipinski definition) is 5. The Bertz CT molecular complexity index is 518. The van der Waals surface area contributed by atoms with E-state index in [1.165, 1.54) is 0 Å². The molecule has 21 heavy (non-hydrogen) atoms. The number of morpholine rings is 1. The third kappa shape index (κ3) is 3.78. The first-order valence-electron chi connectivity index (χ1n) is 6.70. The van der Waals surface area contributed by atoms with Crippen LogP contribution in [0.4, 0.5) is 5.69 Å². The van der Waals surface area contributed by atoms with Gasteiger partial charge in [0.25, 0.3) is 0 Å². The van der Waals surface area contributed by atoms with Crippen LogP contribution in [0.5, 0.6) is 5.75 Å². The number of halogens is 1. The van der Waals surface area contributed by atoms with Gasteiger partial charge in [0.15, 0.2) is 0 Å². The molecule has 1 aliphatic heterocycles. The fourth-order valence-corrected chi connectivity index (χ4v) is 2.52. The molecule has 1 aliphatic rings. The molecule has 0 spiro atoms. The summed E-state index contributed by atoms with van der Waals surface area (Å²) in [6, 6.07) is 2.58. The fraction of sp³-hybridized carbons (Fsp3) is 0.500. The standard InChI is InChI=1S/C14H19ClN2O4/c1-20-13-7-9(6-11(16)14(18)19)10(15)8-12(13)17-2-4-21-5-3-17/h7-8,11H,2-6,16H2,1H3,(H,18,19). The maximum Gasteiger partial charge on any atom is 0.320 e. The van der Waals surface area contributed by atoms with Crippen molar-refractivity contribution in [2.75, 3.05) is 38.3 Å². The van der Waals surface area contributed by atoms with Gasteiger partial charge in [0, 0.05) is 18.1 Å². The predicted octanol–water partition coefficient (Wildman–Crippen LogP) is 1.14. The van der Waals surface area contributed by atoms with Gasteiger partial charge in [-0.05, 0) is 24.1 Å². The average Bonchev–Trinajstić information content (AvgIpc) is 2.49. The largest absolute Gasteiger partial charge is 0.495 e. The number of nitrogens with two attached hydrogens (primary N) is 1. The minimum atomic E-state index is -1.05. The number of hydrogen-bond donors (Lipinski definition) is 2. The number of nitrogens with zero attached hydrogens (tertiary/aromatic N) is 1. The number of carboxylic acids is 1. The summed E-state index contributed by atoms with van der Waals surface area (Å²) in [6.07, 6.45) is 0.161. The van der Waals surface area contributed by atoms with Crippen LogP contribution >= 0.6 is 11.6 Å². The maximum atomic E-state index is 10.9. The SMILES string of the molecule is COc1cc(CC(N)C(=O)O)c(Cl)cc1N1CCOCC1. The quantitative estimate of drug-likeness (QED) is 0.848. The first kappa shape index (κ1) is 15.9. The lowest BCUT2D eigenvalue weighted by atomic mass is 10.0. The van der Waals surface area contributed by atoms with Crippen molar-refractivity contribution >= 4 is 23.3 Å². The van der Waals surface area contributed by atoms with E-state index in [1.54, 1.807) is 19.2 Å². The van der Waals surface area contributed by atoms with Crippen molar-refractivity contribution in [1.29, 1.82) is 0 Å². The number of aliphatic carboxylic acids is 1. The lowest BCUT2D eigenvalue weighted by Gasteiger charge is -2.30. The van der Waals surface area contributed by atoms with Gasteiger partial charge >= 0.3 is 5.97 Å². The highest BCUT2D eigenvalue weighted by Crippen LogP contribution is 2.35. The van der Waals surface area contributed by atoms with E-state index in [1.807, 2.05) is 0 Å². The third-order valence-electron chi connectivity index (χ3n) is 3.46. The Morgan fingerprint density at radius 1 is 1.52 bits per heavy atom. The molecule has 0 aliphatic carbocycles. The van der Waals surface area contributed by atoms with Crippen molar-refractivity contribution < 1.29 is 19.4 Å². The van der Waals surface area contributed by atoms with Crippen molar-refractivity contribution in [3.63, 3.8) is 0 Å². The van der Waals surface area contributed by atoms with Crippen molar-refractivity contribution in [3.8, 4) is 5.75 Å². The summed E-state index contributed by atoms with van der Waals surface area (Å²) in [7, 11) is 1.58. The Kier molecular flexibility index (Phi) is 5.27. The summed E-state index contributed by atoms with van der Waals surface area (Å²) in [5.41, 5.74) is 7.12. The van der Waals surface area contributed by atoms with E-state index in [4.69, 9.17) is 31.9 Å². The lowest BCUT2D eigenvalue weighted by Crippen LogP contribution is -2.36. The normalized spacial score (nSPS) is 16.6. The number of carboxylic acid groups (broad SMARTS) is 1. The molecular formula is C14H19ClN2O4. The second-order valence-electron chi connectivity index (χ2n) is 4.86. The van der Waals surface area contributed by atoms with E-state index in [2.05, 4.69) is 4.90 Å². The van der Waals surface area contributed by atoms with Crippen LogP contribution in [0.15, 0.2) is 12.1 Å². The zero-order valence-corrected chi connectivity index (χ0v) is 12.6. The number of ether oxygens (including phenoxy) is 2. The lowest BCUT2D eigenvalue weighted by molar-refractivity contribution is -0.138. The minimum Gasteiger partial charge on any atom is -0.495 e. The van der Waals surface area contributed by atoms with E-state index in [0.717, 1.165) is 18.8 Å². The van der Waals surface area contributed by atoms with Gasteiger partial charge in [-0.2, -0.15) is 0 Å². The van der Waals surface area contributed by atoms with Gasteiger partial charge in [-0.15, -0.1) is 0 Å². The number of methoxy groups -OCH3 is 1. The Hall–Kier alpha value is -1.50. The summed E-state index contributed by atoms with van der Waals surface area (Å²) in [5.74, 6) is -0.392. The van der Waals surface area contributed by atoms with Gasteiger partial charge in [0.2, 0.25) is 0 Å². The van der Waals surface area contributed by atoms with Crippen LogP contribution in [0.1, 0.15) is 5.56 Å². The van der Waals surface area contributed by atoms with Crippen LogP contribution in [0.25, 0.3) is 0 Å². The number of carbonyl (C=O) groups is 1. The van der Waals surface area contributed by atoms with Crippen LogP contribution in [0, 0.1) is 0 Å². The average molecular weight is 315 g/mol. The highest BCUT2D eigenvalue weighted by molar-refractivity contribution is 6.31. The molecule has 1 heterocycles. The molecular weight excluding hydrogens is 296 g/mol. The highest BCUT2D eigenvalue weighted by atomic mass is 35.5. The molecule has 1 saturated heterocycles. The van der Waals surface area contributed by atoms with Crippen LogP contribution in [0.3, 0.4) is 0 Å². The minimum absolute atomic E-state index is 0.161. The molecule has 1 unspecified atom stereocenters. The molecule has 1 atom stereocenters. The second-order valence-corrected chi connectivity index (χ2v) is 5.27. The molecule has 6 nitrogen and oxygen atoms in total. The topological polar surface area (TPSA) is 85.0 Å². The van der Waals surface area contributed by atoms with E-state index in [0.29, 0.717) is 29.5 Å². The van der Waals surface area contributed by atoms with Crippen molar-refractivity contribution in [1.82, 2.24) is 0 Å². The molecule has 116 valence electrons. The molecule has 0 bridgehead atoms. The van der Waals surface area contributed by atoms with Crippen LogP contribution in [0.2, 0.25) is 5.02 Å². The molecule has 3 N–H and O–H groups in total. The molecule has 0 radical (unpaired) electrons. The summed E-state index contributed by atoms with van der Waals surface area (Å²) >= 11 is 6.26. The Labute approximate surface area is 128 Å². The Morgan fingerprint density at radius 2 is 2.19 bits per heavy atom. The maximum absolute atomic E-state index is 10.9. The van der Waals surface area contributed by atoms with E-state index >= 15 is 0 Å². The van der Waals surface area contributed by atoms with Crippen LogP contribution in [-0.2, 0) is 16.0 Å². The number of rotatable bonds is 5. The molecule has 0 saturated carbocycles. The van der Waals surface area contributed by atoms with Crippen molar-refractivity contribution in [3.05, 3.63) is 22.7 Å². The summed E-state index contributed by atoms with van der Waals surface area (Å²) in [6.45, 7) is 2.85. The smallest absolute Gasteiger partial charge is 0.320 e. The third-order valence-corrected chi connectivity index (χ3v) is 3.81. The summed E-state index contributed by atoms with van der Waals surface area (Å²) in [4.78, 5) is 13.0. The second kappa shape index (κ2) is 6.98. The van der Waals surface area contributed by atoms with Gasteiger partial charge in [0.1, 0.15) is 11.8 Å². The highest BCUT2D eigenvalue weighted by Gasteiger charge is 2.20. The van der Waals surface area contributed by atoms with E-state index < -0.39 is 12.0 Å². The Balaban J connectivity index is 2.27. The van der Waals surface area contributed by atoms with E-state index in [9.17, 15) is 4.79 Å². The van der Waals surface area contributed by atoms with Gasteiger partial charge in [-0.1, -0.05) is 11.6 Å². The monoisotopic (exact) mass is 314 g/mol. The van der Waals surface area contributed by atoms with Gasteiger partial charge in [-0.25, -0.2) is 0 Å².